The molecule has 5 nitrogen and oxygen atoms in total. The summed E-state index contributed by atoms with van der Waals surface area (Å²) in [5.41, 5.74) is 5.25. The molecule has 0 amide bonds. The minimum atomic E-state index is 0.0247. The van der Waals surface area contributed by atoms with Crippen molar-refractivity contribution in [3.63, 3.8) is 0 Å². The van der Waals surface area contributed by atoms with E-state index in [0.717, 1.165) is 42.4 Å². The molecule has 2 heterocycles. The molecular formula is C28H30N4O. The summed E-state index contributed by atoms with van der Waals surface area (Å²) in [6.45, 7) is 0.545. The highest BCUT2D eigenvalue weighted by Crippen LogP contribution is 2.34. The van der Waals surface area contributed by atoms with Crippen molar-refractivity contribution in [1.29, 1.82) is 0 Å². The molecule has 0 saturated heterocycles. The summed E-state index contributed by atoms with van der Waals surface area (Å²) < 4.78 is 3.61. The van der Waals surface area contributed by atoms with Crippen LogP contribution in [0.3, 0.4) is 0 Å². The molecule has 0 spiro atoms. The number of anilines is 1. The molecule has 5 rings (SSSR count). The van der Waals surface area contributed by atoms with Gasteiger partial charge in [-0.05, 0) is 48.8 Å². The summed E-state index contributed by atoms with van der Waals surface area (Å²) in [5.74, 6) is 0.612. The molecule has 0 atom stereocenters. The van der Waals surface area contributed by atoms with Crippen molar-refractivity contribution in [3.8, 4) is 11.1 Å². The molecule has 0 aliphatic heterocycles. The van der Waals surface area contributed by atoms with E-state index in [4.69, 9.17) is 0 Å². The smallest absolute Gasteiger partial charge is 0.274 e. The van der Waals surface area contributed by atoms with E-state index in [1.54, 1.807) is 4.68 Å². The summed E-state index contributed by atoms with van der Waals surface area (Å²) in [6, 6.07) is 23.2. The van der Waals surface area contributed by atoms with Crippen LogP contribution in [-0.4, -0.2) is 20.4 Å². The molecule has 33 heavy (non-hydrogen) atoms. The average Bonchev–Trinajstić information content (AvgIpc) is 3.29. The molecule has 1 aliphatic carbocycles. The zero-order valence-corrected chi connectivity index (χ0v) is 19.0. The average molecular weight is 439 g/mol. The number of aromatic nitrogens is 3. The van der Waals surface area contributed by atoms with E-state index in [1.807, 2.05) is 54.5 Å². The number of aryl methyl sites for hydroxylation is 1. The molecule has 2 aromatic carbocycles. The van der Waals surface area contributed by atoms with E-state index >= 15 is 0 Å². The lowest BCUT2D eigenvalue weighted by Gasteiger charge is -2.30. The fourth-order valence-electron chi connectivity index (χ4n) is 4.88. The van der Waals surface area contributed by atoms with Gasteiger partial charge in [-0.3, -0.25) is 9.48 Å². The predicted molar refractivity (Wildman–Crippen MR) is 134 cm³/mol. The SMILES string of the molecule is Cn1cc(-c2cc(NC3CCC(c4ccccc4)CC3)c(=O)n(Cc3ccccc3)c2)cn1. The normalized spacial score (nSPS) is 18.2. The second-order valence-electron chi connectivity index (χ2n) is 9.07. The largest absolute Gasteiger partial charge is 0.378 e. The van der Waals surface area contributed by atoms with Gasteiger partial charge in [-0.1, -0.05) is 60.7 Å². The highest BCUT2D eigenvalue weighted by molar-refractivity contribution is 5.65. The lowest BCUT2D eigenvalue weighted by Crippen LogP contribution is -2.31. The number of nitrogens with one attached hydrogen (secondary N) is 1. The number of benzene rings is 2. The first kappa shape index (κ1) is 21.3. The Morgan fingerprint density at radius 3 is 2.27 bits per heavy atom. The minimum Gasteiger partial charge on any atom is -0.378 e. The highest BCUT2D eigenvalue weighted by Gasteiger charge is 2.23. The molecule has 0 bridgehead atoms. The van der Waals surface area contributed by atoms with Crippen LogP contribution in [0.5, 0.6) is 0 Å². The van der Waals surface area contributed by atoms with Gasteiger partial charge in [0.05, 0.1) is 12.7 Å². The second kappa shape index (κ2) is 9.49. The Morgan fingerprint density at radius 2 is 1.61 bits per heavy atom. The van der Waals surface area contributed by atoms with Gasteiger partial charge in [-0.15, -0.1) is 0 Å². The van der Waals surface area contributed by atoms with Crippen molar-refractivity contribution in [1.82, 2.24) is 14.3 Å². The van der Waals surface area contributed by atoms with E-state index in [2.05, 4.69) is 52.9 Å². The van der Waals surface area contributed by atoms with Crippen LogP contribution in [0.1, 0.15) is 42.7 Å². The summed E-state index contributed by atoms with van der Waals surface area (Å²) >= 11 is 0. The molecule has 168 valence electrons. The number of hydrogen-bond donors (Lipinski definition) is 1. The topological polar surface area (TPSA) is 51.9 Å². The van der Waals surface area contributed by atoms with Crippen LogP contribution in [0.4, 0.5) is 5.69 Å². The third-order valence-corrected chi connectivity index (χ3v) is 6.68. The summed E-state index contributed by atoms with van der Waals surface area (Å²) in [6.07, 6.45) is 10.2. The van der Waals surface area contributed by atoms with Crippen LogP contribution in [0, 0.1) is 0 Å². The van der Waals surface area contributed by atoms with Crippen LogP contribution in [0.15, 0.2) is 90.1 Å². The van der Waals surface area contributed by atoms with Crippen LogP contribution < -0.4 is 10.9 Å². The van der Waals surface area contributed by atoms with E-state index in [0.29, 0.717) is 24.2 Å². The Bertz CT molecular complexity index is 1250. The zero-order chi connectivity index (χ0) is 22.6. The Morgan fingerprint density at radius 1 is 0.909 bits per heavy atom. The summed E-state index contributed by atoms with van der Waals surface area (Å²) in [5, 5.41) is 7.92. The molecule has 1 fully saturated rings. The first-order valence-corrected chi connectivity index (χ1v) is 11.7. The van der Waals surface area contributed by atoms with Gasteiger partial charge < -0.3 is 9.88 Å². The van der Waals surface area contributed by atoms with Gasteiger partial charge in [-0.2, -0.15) is 5.10 Å². The van der Waals surface area contributed by atoms with Crippen molar-refractivity contribution in [3.05, 3.63) is 107 Å². The fraction of sp³-hybridized carbons (Fsp3) is 0.286. The van der Waals surface area contributed by atoms with Crippen molar-refractivity contribution in [2.24, 2.45) is 7.05 Å². The maximum absolute atomic E-state index is 13.4. The van der Waals surface area contributed by atoms with Crippen LogP contribution >= 0.6 is 0 Å². The van der Waals surface area contributed by atoms with Gasteiger partial charge in [0.1, 0.15) is 5.69 Å². The van der Waals surface area contributed by atoms with Crippen LogP contribution in [0.2, 0.25) is 0 Å². The fourth-order valence-corrected chi connectivity index (χ4v) is 4.88. The highest BCUT2D eigenvalue weighted by atomic mass is 16.1. The molecule has 2 aromatic heterocycles. The van der Waals surface area contributed by atoms with E-state index in [9.17, 15) is 4.79 Å². The first-order chi connectivity index (χ1) is 16.2. The molecule has 4 aromatic rings. The molecule has 5 heteroatoms. The van der Waals surface area contributed by atoms with Crippen molar-refractivity contribution < 1.29 is 0 Å². The number of pyridine rings is 1. The number of rotatable bonds is 6. The maximum atomic E-state index is 13.4. The quantitative estimate of drug-likeness (QED) is 0.436. The van der Waals surface area contributed by atoms with Crippen molar-refractivity contribution >= 4 is 5.69 Å². The van der Waals surface area contributed by atoms with Crippen LogP contribution in [0.25, 0.3) is 11.1 Å². The zero-order valence-electron chi connectivity index (χ0n) is 19.0. The Balaban J connectivity index is 1.39. The predicted octanol–water partition coefficient (Wildman–Crippen LogP) is 5.44. The standard InChI is InChI=1S/C28H30N4O/c1-31-19-25(17-29-31)24-16-27(28(33)32(20-24)18-21-8-4-2-5-9-21)30-26-14-12-23(13-15-26)22-10-6-3-7-11-22/h2-11,16-17,19-20,23,26,30H,12-15,18H2,1H3. The van der Waals surface area contributed by atoms with Gasteiger partial charge in [0, 0.05) is 36.6 Å². The number of hydrogen-bond acceptors (Lipinski definition) is 3. The molecule has 1 N–H and O–H groups in total. The maximum Gasteiger partial charge on any atom is 0.274 e. The second-order valence-corrected chi connectivity index (χ2v) is 9.07. The molecule has 0 unspecified atom stereocenters. The Kier molecular flexibility index (Phi) is 6.11. The minimum absolute atomic E-state index is 0.0247. The van der Waals surface area contributed by atoms with E-state index < -0.39 is 0 Å². The Hall–Kier alpha value is -3.60. The lowest BCUT2D eigenvalue weighted by atomic mass is 9.82. The third-order valence-electron chi connectivity index (χ3n) is 6.68. The van der Waals surface area contributed by atoms with E-state index in [-0.39, 0.29) is 5.56 Å². The van der Waals surface area contributed by atoms with E-state index in [1.165, 1.54) is 5.56 Å². The summed E-state index contributed by atoms with van der Waals surface area (Å²) in [4.78, 5) is 13.4. The van der Waals surface area contributed by atoms with Gasteiger partial charge >= 0.3 is 0 Å². The van der Waals surface area contributed by atoms with Crippen LogP contribution in [-0.2, 0) is 13.6 Å². The number of nitrogens with zero attached hydrogens (tertiary/aromatic N) is 3. The molecule has 1 saturated carbocycles. The Labute approximate surface area is 194 Å². The van der Waals surface area contributed by atoms with Crippen molar-refractivity contribution in [2.45, 2.75) is 44.2 Å². The first-order valence-electron chi connectivity index (χ1n) is 11.7. The van der Waals surface area contributed by atoms with Gasteiger partial charge in [0.25, 0.3) is 5.56 Å². The van der Waals surface area contributed by atoms with Gasteiger partial charge in [0.2, 0.25) is 0 Å². The van der Waals surface area contributed by atoms with Gasteiger partial charge in [0.15, 0.2) is 0 Å². The molecular weight excluding hydrogens is 408 g/mol. The molecule has 0 radical (unpaired) electrons. The van der Waals surface area contributed by atoms with Crippen molar-refractivity contribution in [2.75, 3.05) is 5.32 Å². The summed E-state index contributed by atoms with van der Waals surface area (Å²) in [7, 11) is 1.91. The monoisotopic (exact) mass is 438 g/mol. The third kappa shape index (κ3) is 4.92. The van der Waals surface area contributed by atoms with Gasteiger partial charge in [-0.25, -0.2) is 0 Å². The molecule has 1 aliphatic rings. The lowest BCUT2D eigenvalue weighted by molar-refractivity contribution is 0.412.